The van der Waals surface area contributed by atoms with Gasteiger partial charge < -0.3 is 9.73 Å². The fourth-order valence-corrected chi connectivity index (χ4v) is 1.93. The molecule has 19 heavy (non-hydrogen) atoms. The molecule has 0 aliphatic heterocycles. The zero-order valence-electron chi connectivity index (χ0n) is 10.3. The number of fused-ring (bicyclic) bond motifs is 1. The Morgan fingerprint density at radius 1 is 1.32 bits per heavy atom. The van der Waals surface area contributed by atoms with Crippen LogP contribution in [0.25, 0.3) is 11.2 Å². The second-order valence-corrected chi connectivity index (χ2v) is 4.08. The minimum absolute atomic E-state index is 0.403. The summed E-state index contributed by atoms with van der Waals surface area (Å²) >= 11 is 0. The molecule has 3 rings (SSSR count). The second-order valence-electron chi connectivity index (χ2n) is 4.08. The van der Waals surface area contributed by atoms with Crippen molar-refractivity contribution in [3.8, 4) is 0 Å². The lowest BCUT2D eigenvalue weighted by molar-refractivity contribution is 0.517. The zero-order chi connectivity index (χ0) is 13.2. The Balaban J connectivity index is 2.05. The summed E-state index contributed by atoms with van der Waals surface area (Å²) in [7, 11) is 1.80. The summed E-state index contributed by atoms with van der Waals surface area (Å²) in [5.41, 5.74) is 2.00. The van der Waals surface area contributed by atoms with Crippen LogP contribution < -0.4 is 11.1 Å². The normalized spacial score (nSPS) is 10.8. The molecule has 96 valence electrons. The Morgan fingerprint density at radius 3 is 3.05 bits per heavy atom. The molecule has 0 bridgehead atoms. The lowest BCUT2D eigenvalue weighted by Gasteiger charge is -2.04. The first-order valence-corrected chi connectivity index (χ1v) is 5.85. The number of nitrogens with zero attached hydrogens (tertiary/aromatic N) is 3. The number of oxazole rings is 1. The molecule has 0 atom stereocenters. The molecule has 1 N–H and O–H groups in total. The van der Waals surface area contributed by atoms with E-state index in [2.05, 4.69) is 15.3 Å². The third kappa shape index (κ3) is 2.08. The van der Waals surface area contributed by atoms with Crippen LogP contribution >= 0.6 is 0 Å². The third-order valence-corrected chi connectivity index (χ3v) is 2.85. The number of nitrogens with one attached hydrogen (secondary N) is 1. The number of pyridine rings is 2. The number of hydrogen-bond donors (Lipinski definition) is 1. The van der Waals surface area contributed by atoms with E-state index in [9.17, 15) is 4.79 Å². The molecule has 0 unspecified atom stereocenters. The van der Waals surface area contributed by atoms with Crippen molar-refractivity contribution < 1.29 is 4.42 Å². The van der Waals surface area contributed by atoms with Gasteiger partial charge in [-0.1, -0.05) is 0 Å². The van der Waals surface area contributed by atoms with Gasteiger partial charge in [-0.3, -0.25) is 4.57 Å². The van der Waals surface area contributed by atoms with E-state index < -0.39 is 5.76 Å². The molecule has 3 heterocycles. The van der Waals surface area contributed by atoms with Crippen LogP contribution in [0.15, 0.2) is 45.9 Å². The van der Waals surface area contributed by atoms with Crippen LogP contribution in [-0.4, -0.2) is 21.6 Å². The summed E-state index contributed by atoms with van der Waals surface area (Å²) < 4.78 is 6.65. The molecule has 3 aromatic rings. The van der Waals surface area contributed by atoms with Crippen molar-refractivity contribution in [2.75, 3.05) is 12.4 Å². The SMILES string of the molecule is CNc1cc(Cn2c(=O)oc3cccnc32)ccn1. The van der Waals surface area contributed by atoms with Crippen LogP contribution in [0.4, 0.5) is 5.82 Å². The van der Waals surface area contributed by atoms with Crippen molar-refractivity contribution in [2.24, 2.45) is 0 Å². The number of rotatable bonds is 3. The highest BCUT2D eigenvalue weighted by molar-refractivity contribution is 5.67. The standard InChI is InChI=1S/C13H12N4O2/c1-14-11-7-9(4-6-15-11)8-17-12-10(19-13(17)18)3-2-5-16-12/h2-7H,8H2,1H3,(H,14,15). The van der Waals surface area contributed by atoms with E-state index in [4.69, 9.17) is 4.42 Å². The molecule has 0 radical (unpaired) electrons. The first-order valence-electron chi connectivity index (χ1n) is 5.85. The van der Waals surface area contributed by atoms with Crippen LogP contribution in [0.5, 0.6) is 0 Å². The average molecular weight is 256 g/mol. The Labute approximate surface area is 108 Å². The molecule has 0 saturated heterocycles. The Bertz CT molecular complexity index is 775. The largest absolute Gasteiger partial charge is 0.421 e. The number of hydrogen-bond acceptors (Lipinski definition) is 5. The molecule has 0 aromatic carbocycles. The summed E-state index contributed by atoms with van der Waals surface area (Å²) in [6.45, 7) is 0.403. The van der Waals surface area contributed by atoms with Gasteiger partial charge >= 0.3 is 5.76 Å². The minimum atomic E-state index is -0.406. The molecule has 0 saturated carbocycles. The maximum atomic E-state index is 11.8. The highest BCUT2D eigenvalue weighted by Crippen LogP contribution is 2.12. The van der Waals surface area contributed by atoms with Gasteiger partial charge in [-0.2, -0.15) is 0 Å². The summed E-state index contributed by atoms with van der Waals surface area (Å²) in [5, 5.41) is 2.96. The molecule has 6 nitrogen and oxygen atoms in total. The maximum Gasteiger partial charge on any atom is 0.421 e. The summed E-state index contributed by atoms with van der Waals surface area (Å²) in [6.07, 6.45) is 3.33. The van der Waals surface area contributed by atoms with Gasteiger partial charge in [-0.05, 0) is 29.8 Å². The van der Waals surface area contributed by atoms with E-state index >= 15 is 0 Å². The monoisotopic (exact) mass is 256 g/mol. The molecular weight excluding hydrogens is 244 g/mol. The van der Waals surface area contributed by atoms with Crippen molar-refractivity contribution in [3.63, 3.8) is 0 Å². The lowest BCUT2D eigenvalue weighted by atomic mass is 10.2. The highest BCUT2D eigenvalue weighted by atomic mass is 16.4. The second kappa shape index (κ2) is 4.56. The van der Waals surface area contributed by atoms with E-state index in [1.807, 2.05) is 12.1 Å². The topological polar surface area (TPSA) is 73.0 Å². The Hall–Kier alpha value is -2.63. The van der Waals surface area contributed by atoms with Crippen LogP contribution in [0.1, 0.15) is 5.56 Å². The molecule has 0 amide bonds. The predicted molar refractivity (Wildman–Crippen MR) is 71.2 cm³/mol. The van der Waals surface area contributed by atoms with Gasteiger partial charge in [0.1, 0.15) is 5.82 Å². The molecular formula is C13H12N4O2. The smallest absolute Gasteiger partial charge is 0.406 e. The molecule has 0 aliphatic rings. The van der Waals surface area contributed by atoms with Crippen molar-refractivity contribution in [1.29, 1.82) is 0 Å². The van der Waals surface area contributed by atoms with Gasteiger partial charge in [0.2, 0.25) is 0 Å². The van der Waals surface area contributed by atoms with Crippen molar-refractivity contribution in [3.05, 3.63) is 52.8 Å². The van der Waals surface area contributed by atoms with E-state index in [0.717, 1.165) is 11.4 Å². The van der Waals surface area contributed by atoms with Gasteiger partial charge in [0, 0.05) is 19.4 Å². The quantitative estimate of drug-likeness (QED) is 0.768. The molecule has 3 aromatic heterocycles. The first kappa shape index (κ1) is 11.5. The lowest BCUT2D eigenvalue weighted by Crippen LogP contribution is -2.15. The third-order valence-electron chi connectivity index (χ3n) is 2.85. The van der Waals surface area contributed by atoms with E-state index in [0.29, 0.717) is 17.8 Å². The van der Waals surface area contributed by atoms with Gasteiger partial charge in [0.15, 0.2) is 11.2 Å². The van der Waals surface area contributed by atoms with E-state index in [-0.39, 0.29) is 0 Å². The Kier molecular flexibility index (Phi) is 2.75. The van der Waals surface area contributed by atoms with Crippen molar-refractivity contribution >= 4 is 17.0 Å². The van der Waals surface area contributed by atoms with Gasteiger partial charge in [0.25, 0.3) is 0 Å². The number of aromatic nitrogens is 3. The summed E-state index contributed by atoms with van der Waals surface area (Å²) in [4.78, 5) is 20.1. The molecule has 0 aliphatic carbocycles. The molecule has 6 heteroatoms. The Morgan fingerprint density at radius 2 is 2.21 bits per heavy atom. The fourth-order valence-electron chi connectivity index (χ4n) is 1.93. The van der Waals surface area contributed by atoms with Crippen LogP contribution in [0.2, 0.25) is 0 Å². The fraction of sp³-hybridized carbons (Fsp3) is 0.154. The van der Waals surface area contributed by atoms with Crippen LogP contribution in [-0.2, 0) is 6.54 Å². The average Bonchev–Trinajstić information content (AvgIpc) is 2.76. The molecule has 0 fully saturated rings. The summed E-state index contributed by atoms with van der Waals surface area (Å²) in [6, 6.07) is 7.20. The number of anilines is 1. The van der Waals surface area contributed by atoms with Crippen molar-refractivity contribution in [1.82, 2.24) is 14.5 Å². The first-order chi connectivity index (χ1) is 9.28. The zero-order valence-corrected chi connectivity index (χ0v) is 10.3. The summed E-state index contributed by atoms with van der Waals surface area (Å²) in [5.74, 6) is 0.350. The van der Waals surface area contributed by atoms with E-state index in [1.54, 1.807) is 31.6 Å². The minimum Gasteiger partial charge on any atom is -0.406 e. The highest BCUT2D eigenvalue weighted by Gasteiger charge is 2.10. The van der Waals surface area contributed by atoms with Gasteiger partial charge in [-0.25, -0.2) is 14.8 Å². The van der Waals surface area contributed by atoms with Crippen LogP contribution in [0, 0.1) is 0 Å². The van der Waals surface area contributed by atoms with Crippen molar-refractivity contribution in [2.45, 2.75) is 6.54 Å². The predicted octanol–water partition coefficient (Wildman–Crippen LogP) is 1.47. The molecule has 0 spiro atoms. The van der Waals surface area contributed by atoms with Gasteiger partial charge in [-0.15, -0.1) is 0 Å². The van der Waals surface area contributed by atoms with Gasteiger partial charge in [0.05, 0.1) is 6.54 Å². The van der Waals surface area contributed by atoms with E-state index in [1.165, 1.54) is 4.57 Å². The van der Waals surface area contributed by atoms with Crippen LogP contribution in [0.3, 0.4) is 0 Å². The maximum absolute atomic E-state index is 11.8.